The van der Waals surface area contributed by atoms with Crippen molar-refractivity contribution >= 4 is 11.6 Å². The maximum absolute atomic E-state index is 12.1. The molecule has 6 heteroatoms. The lowest BCUT2D eigenvalue weighted by Gasteiger charge is -2.29. The number of imidazole rings is 1. The molecule has 6 nitrogen and oxygen atoms in total. The number of fused-ring (bicyclic) bond motifs is 1. The first-order chi connectivity index (χ1) is 9.74. The van der Waals surface area contributed by atoms with E-state index in [1.54, 1.807) is 6.20 Å². The van der Waals surface area contributed by atoms with Crippen LogP contribution in [0.2, 0.25) is 0 Å². The van der Waals surface area contributed by atoms with E-state index in [4.69, 9.17) is 4.74 Å². The Morgan fingerprint density at radius 2 is 2.50 bits per heavy atom. The Kier molecular flexibility index (Phi) is 3.66. The van der Waals surface area contributed by atoms with Crippen LogP contribution < -0.4 is 10.6 Å². The number of rotatable bonds is 3. The molecule has 1 amide bonds. The summed E-state index contributed by atoms with van der Waals surface area (Å²) in [5, 5.41) is 6.11. The fourth-order valence-electron chi connectivity index (χ4n) is 2.39. The summed E-state index contributed by atoms with van der Waals surface area (Å²) in [6, 6.07) is 3.66. The molecule has 0 spiro atoms. The fraction of sp³-hybridized carbons (Fsp3) is 0.429. The maximum Gasteiger partial charge on any atom is 0.240 e. The van der Waals surface area contributed by atoms with Crippen molar-refractivity contribution in [2.75, 3.05) is 13.2 Å². The first-order valence-electron chi connectivity index (χ1n) is 6.78. The zero-order chi connectivity index (χ0) is 13.9. The van der Waals surface area contributed by atoms with Crippen molar-refractivity contribution in [3.63, 3.8) is 0 Å². The Hall–Kier alpha value is -1.92. The van der Waals surface area contributed by atoms with Crippen LogP contribution in [0.1, 0.15) is 12.5 Å². The molecule has 1 aliphatic rings. The number of amides is 1. The molecule has 20 heavy (non-hydrogen) atoms. The molecule has 2 aromatic heterocycles. The van der Waals surface area contributed by atoms with E-state index in [9.17, 15) is 4.79 Å². The number of carbonyl (C=O) groups excluding carboxylic acids is 1. The van der Waals surface area contributed by atoms with Crippen LogP contribution in [0.15, 0.2) is 30.7 Å². The molecule has 1 saturated heterocycles. The van der Waals surface area contributed by atoms with Crippen LogP contribution in [-0.4, -0.2) is 40.6 Å². The van der Waals surface area contributed by atoms with Gasteiger partial charge in [0.15, 0.2) is 0 Å². The number of carbonyl (C=O) groups is 1. The molecular formula is C14H18N4O2. The molecule has 0 radical (unpaired) electrons. The van der Waals surface area contributed by atoms with Crippen LogP contribution in [0.3, 0.4) is 0 Å². The third-order valence-corrected chi connectivity index (χ3v) is 3.53. The topological polar surface area (TPSA) is 67.7 Å². The van der Waals surface area contributed by atoms with Gasteiger partial charge in [-0.05, 0) is 24.6 Å². The standard InChI is InChI=1S/C14H18N4O2/c1-10-13(16-4-7-20-10)14(19)17-9-11-2-5-18-6-3-15-12(18)8-11/h2-3,5-6,8,10,13,16H,4,7,9H2,1H3,(H,17,19)/t10-,13+/m1/s1. The molecule has 0 aliphatic carbocycles. The van der Waals surface area contributed by atoms with E-state index < -0.39 is 0 Å². The predicted octanol–water partition coefficient (Wildman–Crippen LogP) is 0.327. The Bertz CT molecular complexity index is 610. The van der Waals surface area contributed by atoms with Gasteiger partial charge in [0.1, 0.15) is 11.7 Å². The van der Waals surface area contributed by atoms with Gasteiger partial charge in [0.25, 0.3) is 0 Å². The summed E-state index contributed by atoms with van der Waals surface area (Å²) in [5.41, 5.74) is 1.91. The van der Waals surface area contributed by atoms with E-state index in [1.807, 2.05) is 35.9 Å². The molecule has 1 aliphatic heterocycles. The highest BCUT2D eigenvalue weighted by Gasteiger charge is 2.27. The van der Waals surface area contributed by atoms with Gasteiger partial charge in [-0.2, -0.15) is 0 Å². The summed E-state index contributed by atoms with van der Waals surface area (Å²) >= 11 is 0. The molecule has 0 bridgehead atoms. The maximum atomic E-state index is 12.1. The molecule has 0 unspecified atom stereocenters. The largest absolute Gasteiger partial charge is 0.375 e. The van der Waals surface area contributed by atoms with Gasteiger partial charge in [-0.25, -0.2) is 4.98 Å². The number of hydrogen-bond acceptors (Lipinski definition) is 4. The summed E-state index contributed by atoms with van der Waals surface area (Å²) in [7, 11) is 0. The number of morpholine rings is 1. The summed E-state index contributed by atoms with van der Waals surface area (Å²) < 4.78 is 7.41. The van der Waals surface area contributed by atoms with E-state index in [2.05, 4.69) is 15.6 Å². The van der Waals surface area contributed by atoms with Crippen LogP contribution in [0.4, 0.5) is 0 Å². The van der Waals surface area contributed by atoms with E-state index in [1.165, 1.54) is 0 Å². The zero-order valence-electron chi connectivity index (χ0n) is 11.4. The first-order valence-corrected chi connectivity index (χ1v) is 6.78. The Labute approximate surface area is 117 Å². The lowest BCUT2D eigenvalue weighted by atomic mass is 10.1. The molecular weight excluding hydrogens is 256 g/mol. The van der Waals surface area contributed by atoms with Crippen molar-refractivity contribution in [1.29, 1.82) is 0 Å². The third-order valence-electron chi connectivity index (χ3n) is 3.53. The van der Waals surface area contributed by atoms with E-state index >= 15 is 0 Å². The second-order valence-corrected chi connectivity index (χ2v) is 4.95. The van der Waals surface area contributed by atoms with Gasteiger partial charge in [-0.15, -0.1) is 0 Å². The Morgan fingerprint density at radius 1 is 1.60 bits per heavy atom. The highest BCUT2D eigenvalue weighted by molar-refractivity contribution is 5.82. The normalized spacial score (nSPS) is 22.9. The van der Waals surface area contributed by atoms with Gasteiger partial charge in [0.2, 0.25) is 5.91 Å². The number of pyridine rings is 1. The Morgan fingerprint density at radius 3 is 3.35 bits per heavy atom. The third kappa shape index (κ3) is 2.66. The van der Waals surface area contributed by atoms with Gasteiger partial charge < -0.3 is 19.8 Å². The van der Waals surface area contributed by atoms with Gasteiger partial charge in [-0.1, -0.05) is 0 Å². The molecule has 2 atom stereocenters. The predicted molar refractivity (Wildman–Crippen MR) is 74.2 cm³/mol. The number of aromatic nitrogens is 2. The molecule has 3 rings (SSSR count). The number of nitrogens with one attached hydrogen (secondary N) is 2. The average Bonchev–Trinajstić information content (AvgIpc) is 2.92. The Balaban J connectivity index is 1.61. The minimum Gasteiger partial charge on any atom is -0.375 e. The van der Waals surface area contributed by atoms with Crippen molar-refractivity contribution in [3.8, 4) is 0 Å². The van der Waals surface area contributed by atoms with Crippen molar-refractivity contribution in [2.24, 2.45) is 0 Å². The zero-order valence-corrected chi connectivity index (χ0v) is 11.4. The van der Waals surface area contributed by atoms with Crippen LogP contribution in [0, 0.1) is 0 Å². The van der Waals surface area contributed by atoms with Crippen LogP contribution >= 0.6 is 0 Å². The second-order valence-electron chi connectivity index (χ2n) is 4.95. The van der Waals surface area contributed by atoms with Crippen molar-refractivity contribution < 1.29 is 9.53 Å². The number of ether oxygens (including phenoxy) is 1. The van der Waals surface area contributed by atoms with Gasteiger partial charge in [0.05, 0.1) is 12.7 Å². The van der Waals surface area contributed by atoms with Gasteiger partial charge in [-0.3, -0.25) is 4.79 Å². The van der Waals surface area contributed by atoms with Crippen LogP contribution in [0.25, 0.3) is 5.65 Å². The van der Waals surface area contributed by atoms with E-state index in [0.717, 1.165) is 11.2 Å². The van der Waals surface area contributed by atoms with Gasteiger partial charge in [0, 0.05) is 31.7 Å². The molecule has 3 heterocycles. The molecule has 2 aromatic rings. The van der Waals surface area contributed by atoms with Crippen molar-refractivity contribution in [3.05, 3.63) is 36.3 Å². The molecule has 1 fully saturated rings. The van der Waals surface area contributed by atoms with Crippen LogP contribution in [0.5, 0.6) is 0 Å². The van der Waals surface area contributed by atoms with Crippen LogP contribution in [-0.2, 0) is 16.1 Å². The SMILES string of the molecule is C[C@H]1OCCN[C@@H]1C(=O)NCc1ccn2ccnc2c1. The molecule has 106 valence electrons. The molecule has 0 aromatic carbocycles. The molecule has 2 N–H and O–H groups in total. The lowest BCUT2D eigenvalue weighted by molar-refractivity contribution is -0.129. The molecule has 0 saturated carbocycles. The van der Waals surface area contributed by atoms with E-state index in [0.29, 0.717) is 19.7 Å². The smallest absolute Gasteiger partial charge is 0.240 e. The highest BCUT2D eigenvalue weighted by Crippen LogP contribution is 2.07. The van der Waals surface area contributed by atoms with E-state index in [-0.39, 0.29) is 18.1 Å². The summed E-state index contributed by atoms with van der Waals surface area (Å²) in [4.78, 5) is 16.3. The second kappa shape index (κ2) is 5.60. The van der Waals surface area contributed by atoms with Crippen molar-refractivity contribution in [1.82, 2.24) is 20.0 Å². The minimum atomic E-state index is -0.279. The fourth-order valence-corrected chi connectivity index (χ4v) is 2.39. The quantitative estimate of drug-likeness (QED) is 0.846. The lowest BCUT2D eigenvalue weighted by Crippen LogP contribution is -2.55. The van der Waals surface area contributed by atoms with Gasteiger partial charge >= 0.3 is 0 Å². The minimum absolute atomic E-state index is 0.0274. The van der Waals surface area contributed by atoms with Crippen molar-refractivity contribution in [2.45, 2.75) is 25.6 Å². The number of hydrogen-bond donors (Lipinski definition) is 2. The summed E-state index contributed by atoms with van der Waals surface area (Å²) in [6.07, 6.45) is 5.48. The number of nitrogens with zero attached hydrogens (tertiary/aromatic N) is 2. The average molecular weight is 274 g/mol. The summed E-state index contributed by atoms with van der Waals surface area (Å²) in [5.74, 6) is -0.0274. The first kappa shape index (κ1) is 13.1. The summed E-state index contributed by atoms with van der Waals surface area (Å²) in [6.45, 7) is 3.77. The highest BCUT2D eigenvalue weighted by atomic mass is 16.5. The monoisotopic (exact) mass is 274 g/mol.